The number of hydrogen-bond acceptors (Lipinski definition) is 6. The Morgan fingerprint density at radius 1 is 1.25 bits per heavy atom. The van der Waals surface area contributed by atoms with Crippen LogP contribution in [0.5, 0.6) is 17.2 Å². The molecule has 0 aromatic heterocycles. The minimum Gasteiger partial charge on any atom is -0.493 e. The molecular weight excluding hydrogens is 384 g/mol. The van der Waals surface area contributed by atoms with Crippen LogP contribution in [0.3, 0.4) is 0 Å². The maximum absolute atomic E-state index is 12.1. The standard InChI is InChI=1S/C21H21ClO6/c1-3-26-19-8-14(4-6-18(19)24-2)5-7-20(23)27-12-16-10-17(22)9-15-11-25-13-28-21(15)16/h4-10H,3,11-13H2,1-2H3/b7-5+. The zero-order valence-electron chi connectivity index (χ0n) is 15.7. The summed E-state index contributed by atoms with van der Waals surface area (Å²) in [6.07, 6.45) is 3.01. The van der Waals surface area contributed by atoms with Gasteiger partial charge in [0.05, 0.1) is 20.3 Å². The van der Waals surface area contributed by atoms with Gasteiger partial charge < -0.3 is 23.7 Å². The smallest absolute Gasteiger partial charge is 0.331 e. The maximum atomic E-state index is 12.1. The van der Waals surface area contributed by atoms with E-state index in [0.717, 1.165) is 11.1 Å². The summed E-state index contributed by atoms with van der Waals surface area (Å²) in [5.74, 6) is 1.43. The van der Waals surface area contributed by atoms with Crippen molar-refractivity contribution in [3.63, 3.8) is 0 Å². The summed E-state index contributed by atoms with van der Waals surface area (Å²) in [4.78, 5) is 12.1. The summed E-state index contributed by atoms with van der Waals surface area (Å²) in [6.45, 7) is 3.04. The molecule has 0 atom stereocenters. The Labute approximate surface area is 168 Å². The number of rotatable bonds is 7. The quantitative estimate of drug-likeness (QED) is 0.504. The van der Waals surface area contributed by atoms with E-state index in [1.165, 1.54) is 6.08 Å². The molecule has 28 heavy (non-hydrogen) atoms. The van der Waals surface area contributed by atoms with E-state index in [0.29, 0.717) is 41.0 Å². The summed E-state index contributed by atoms with van der Waals surface area (Å²) in [6, 6.07) is 8.91. The van der Waals surface area contributed by atoms with Crippen molar-refractivity contribution in [1.82, 2.24) is 0 Å². The van der Waals surface area contributed by atoms with Crippen molar-refractivity contribution in [2.45, 2.75) is 20.1 Å². The summed E-state index contributed by atoms with van der Waals surface area (Å²) in [7, 11) is 1.58. The van der Waals surface area contributed by atoms with Gasteiger partial charge in [-0.1, -0.05) is 17.7 Å². The van der Waals surface area contributed by atoms with Crippen LogP contribution < -0.4 is 14.2 Å². The van der Waals surface area contributed by atoms with Crippen LogP contribution in [-0.2, 0) is 27.5 Å². The predicted molar refractivity (Wildman–Crippen MR) is 105 cm³/mol. The molecule has 3 rings (SSSR count). The number of halogens is 1. The molecule has 0 spiro atoms. The van der Waals surface area contributed by atoms with Crippen LogP contribution in [0.4, 0.5) is 0 Å². The van der Waals surface area contributed by atoms with E-state index in [1.54, 1.807) is 37.5 Å². The lowest BCUT2D eigenvalue weighted by Crippen LogP contribution is -2.14. The van der Waals surface area contributed by atoms with Crippen LogP contribution in [-0.4, -0.2) is 26.5 Å². The molecule has 148 valence electrons. The topological polar surface area (TPSA) is 63.2 Å². The lowest BCUT2D eigenvalue weighted by molar-refractivity contribution is -0.139. The molecule has 1 heterocycles. The number of benzene rings is 2. The third-order valence-corrected chi connectivity index (χ3v) is 4.24. The molecule has 0 fully saturated rings. The Morgan fingerprint density at radius 2 is 2.11 bits per heavy atom. The average Bonchev–Trinajstić information content (AvgIpc) is 2.70. The van der Waals surface area contributed by atoms with Crippen LogP contribution in [0.15, 0.2) is 36.4 Å². The van der Waals surface area contributed by atoms with Crippen LogP contribution >= 0.6 is 11.6 Å². The second kappa shape index (κ2) is 9.48. The fourth-order valence-corrected chi connectivity index (χ4v) is 3.05. The zero-order chi connectivity index (χ0) is 19.9. The number of esters is 1. The molecule has 0 saturated carbocycles. The van der Waals surface area contributed by atoms with Gasteiger partial charge in [0.2, 0.25) is 0 Å². The van der Waals surface area contributed by atoms with E-state index in [-0.39, 0.29) is 13.4 Å². The Morgan fingerprint density at radius 3 is 2.89 bits per heavy atom. The lowest BCUT2D eigenvalue weighted by atomic mass is 10.1. The number of carbonyl (C=O) groups excluding carboxylic acids is 1. The first-order valence-electron chi connectivity index (χ1n) is 8.78. The summed E-state index contributed by atoms with van der Waals surface area (Å²) in [5.41, 5.74) is 2.33. The van der Waals surface area contributed by atoms with Crippen molar-refractivity contribution in [3.05, 3.63) is 58.1 Å². The molecule has 7 heteroatoms. The summed E-state index contributed by atoms with van der Waals surface area (Å²) in [5, 5.41) is 0.538. The third kappa shape index (κ3) is 4.97. The van der Waals surface area contributed by atoms with Crippen molar-refractivity contribution >= 4 is 23.6 Å². The molecule has 2 aromatic rings. The molecule has 0 aliphatic carbocycles. The van der Waals surface area contributed by atoms with Gasteiger partial charge in [-0.15, -0.1) is 0 Å². The molecule has 0 amide bonds. The van der Waals surface area contributed by atoms with E-state index in [1.807, 2.05) is 13.0 Å². The van der Waals surface area contributed by atoms with Crippen molar-refractivity contribution in [2.75, 3.05) is 20.5 Å². The Bertz CT molecular complexity index is 877. The highest BCUT2D eigenvalue weighted by Crippen LogP contribution is 2.32. The average molecular weight is 405 g/mol. The van der Waals surface area contributed by atoms with Crippen molar-refractivity contribution in [1.29, 1.82) is 0 Å². The predicted octanol–water partition coefficient (Wildman–Crippen LogP) is 4.37. The molecule has 1 aliphatic heterocycles. The second-order valence-corrected chi connectivity index (χ2v) is 6.38. The molecule has 6 nitrogen and oxygen atoms in total. The number of carbonyl (C=O) groups is 1. The van der Waals surface area contributed by atoms with E-state index in [9.17, 15) is 4.79 Å². The van der Waals surface area contributed by atoms with Gasteiger partial charge in [-0.3, -0.25) is 0 Å². The Balaban J connectivity index is 1.65. The van der Waals surface area contributed by atoms with Gasteiger partial charge in [-0.25, -0.2) is 4.79 Å². The molecule has 2 aromatic carbocycles. The minimum absolute atomic E-state index is 0.0544. The van der Waals surface area contributed by atoms with E-state index in [4.69, 9.17) is 35.3 Å². The Kier molecular flexibility index (Phi) is 6.79. The molecule has 0 unspecified atom stereocenters. The highest BCUT2D eigenvalue weighted by atomic mass is 35.5. The van der Waals surface area contributed by atoms with E-state index < -0.39 is 5.97 Å². The molecule has 0 radical (unpaired) electrons. The third-order valence-electron chi connectivity index (χ3n) is 4.02. The first kappa shape index (κ1) is 20.0. The maximum Gasteiger partial charge on any atom is 0.331 e. The van der Waals surface area contributed by atoms with Gasteiger partial charge >= 0.3 is 5.97 Å². The monoisotopic (exact) mass is 404 g/mol. The molecule has 1 aliphatic rings. The largest absolute Gasteiger partial charge is 0.493 e. The Hall–Kier alpha value is -2.70. The zero-order valence-corrected chi connectivity index (χ0v) is 16.5. The van der Waals surface area contributed by atoms with Gasteiger partial charge in [0.1, 0.15) is 12.4 Å². The molecule has 0 N–H and O–H groups in total. The normalized spacial score (nSPS) is 13.0. The highest BCUT2D eigenvalue weighted by molar-refractivity contribution is 6.30. The van der Waals surface area contributed by atoms with Gasteiger partial charge in [0.25, 0.3) is 0 Å². The van der Waals surface area contributed by atoms with Crippen molar-refractivity contribution in [2.24, 2.45) is 0 Å². The van der Waals surface area contributed by atoms with Gasteiger partial charge in [0, 0.05) is 22.2 Å². The fourth-order valence-electron chi connectivity index (χ4n) is 2.79. The van der Waals surface area contributed by atoms with Crippen LogP contribution in [0.2, 0.25) is 5.02 Å². The highest BCUT2D eigenvalue weighted by Gasteiger charge is 2.17. The SMILES string of the molecule is CCOc1cc(/C=C/C(=O)OCc2cc(Cl)cc3c2OCOC3)ccc1OC. The number of fused-ring (bicyclic) bond motifs is 1. The van der Waals surface area contributed by atoms with Crippen LogP contribution in [0.1, 0.15) is 23.6 Å². The van der Waals surface area contributed by atoms with E-state index >= 15 is 0 Å². The molecular formula is C21H21ClO6. The van der Waals surface area contributed by atoms with Gasteiger partial charge in [0.15, 0.2) is 18.3 Å². The molecule has 0 saturated heterocycles. The number of hydrogen-bond donors (Lipinski definition) is 0. The van der Waals surface area contributed by atoms with Gasteiger partial charge in [-0.2, -0.15) is 0 Å². The van der Waals surface area contributed by atoms with Crippen LogP contribution in [0.25, 0.3) is 6.08 Å². The fraction of sp³-hybridized carbons (Fsp3) is 0.286. The van der Waals surface area contributed by atoms with Gasteiger partial charge in [-0.05, 0) is 42.8 Å². The number of methoxy groups -OCH3 is 1. The van der Waals surface area contributed by atoms with Crippen LogP contribution in [0, 0.1) is 0 Å². The van der Waals surface area contributed by atoms with E-state index in [2.05, 4.69) is 0 Å². The second-order valence-electron chi connectivity index (χ2n) is 5.95. The first-order chi connectivity index (χ1) is 13.6. The lowest BCUT2D eigenvalue weighted by Gasteiger charge is -2.20. The number of ether oxygens (including phenoxy) is 5. The summed E-state index contributed by atoms with van der Waals surface area (Å²) < 4.78 is 26.9. The first-order valence-corrected chi connectivity index (χ1v) is 9.16. The van der Waals surface area contributed by atoms with Crippen molar-refractivity contribution < 1.29 is 28.5 Å². The minimum atomic E-state index is -0.477. The summed E-state index contributed by atoms with van der Waals surface area (Å²) >= 11 is 6.12. The van der Waals surface area contributed by atoms with Crippen molar-refractivity contribution in [3.8, 4) is 17.2 Å². The molecule has 0 bridgehead atoms.